The highest BCUT2D eigenvalue weighted by molar-refractivity contribution is 6.74. The van der Waals surface area contributed by atoms with Crippen LogP contribution in [0, 0.1) is 0 Å². The lowest BCUT2D eigenvalue weighted by molar-refractivity contribution is 0.0600. The molecule has 46 heavy (non-hydrogen) atoms. The number of ether oxygens (including phenoxy) is 3. The van der Waals surface area contributed by atoms with Crippen molar-refractivity contribution in [3.63, 3.8) is 0 Å². The molecule has 0 amide bonds. The topological polar surface area (TPSA) is 66.0 Å². The van der Waals surface area contributed by atoms with E-state index >= 15 is 0 Å². The van der Waals surface area contributed by atoms with Crippen LogP contribution in [0.25, 0.3) is 0 Å². The van der Waals surface area contributed by atoms with E-state index in [1.807, 2.05) is 60.7 Å². The number of rotatable bonds is 15. The van der Waals surface area contributed by atoms with Crippen LogP contribution < -0.4 is 14.8 Å². The molecule has 0 spiro atoms. The van der Waals surface area contributed by atoms with Crippen molar-refractivity contribution in [1.29, 1.82) is 0 Å². The lowest BCUT2D eigenvalue weighted by Gasteiger charge is -2.40. The highest BCUT2D eigenvalue weighted by Gasteiger charge is 2.39. The van der Waals surface area contributed by atoms with Gasteiger partial charge in [0.1, 0.15) is 24.7 Å². The largest absolute Gasteiger partial charge is 0.489 e. The summed E-state index contributed by atoms with van der Waals surface area (Å²) in [5.74, 6) is 1.15. The summed E-state index contributed by atoms with van der Waals surface area (Å²) >= 11 is 0. The summed E-state index contributed by atoms with van der Waals surface area (Å²) in [6.45, 7) is 15.0. The van der Waals surface area contributed by atoms with Gasteiger partial charge in [-0.25, -0.2) is 4.79 Å². The van der Waals surface area contributed by atoms with E-state index in [-0.39, 0.29) is 23.2 Å². The van der Waals surface area contributed by atoms with Crippen molar-refractivity contribution in [2.45, 2.75) is 77.6 Å². The molecule has 0 aliphatic carbocycles. The molecule has 0 fully saturated rings. The van der Waals surface area contributed by atoms with Gasteiger partial charge in [0.15, 0.2) is 8.32 Å². The van der Waals surface area contributed by atoms with E-state index in [1.54, 1.807) is 6.07 Å². The van der Waals surface area contributed by atoms with Crippen LogP contribution in [-0.4, -0.2) is 34.0 Å². The van der Waals surface area contributed by atoms with Gasteiger partial charge in [0.05, 0.1) is 18.8 Å². The fourth-order valence-electron chi connectivity index (χ4n) is 4.87. The van der Waals surface area contributed by atoms with Crippen LogP contribution in [0.3, 0.4) is 0 Å². The summed E-state index contributed by atoms with van der Waals surface area (Å²) in [6.07, 6.45) is 0.521. The van der Waals surface area contributed by atoms with Crippen LogP contribution in [-0.2, 0) is 28.8 Å². The first-order chi connectivity index (χ1) is 21.9. The minimum absolute atomic E-state index is 0.0270. The number of benzene rings is 4. The Kier molecular flexibility index (Phi) is 12.2. The first kappa shape index (κ1) is 35.0. The van der Waals surface area contributed by atoms with Crippen molar-refractivity contribution in [1.82, 2.24) is 5.32 Å². The molecular weight excluding hydrogens is 591 g/mol. The average molecular weight is 640 g/mol. The van der Waals surface area contributed by atoms with Gasteiger partial charge in [0.25, 0.3) is 0 Å². The number of hydrogen-bond donors (Lipinski definition) is 1. The Balaban J connectivity index is 1.60. The SMILES string of the molecule is COC(=O)c1cccc(CC(C)NCC(O[Si](C)(C)C(C)(C)C)c2cc(OCc3ccccc3)cc(OCc3ccccc3)c2)c1. The monoisotopic (exact) mass is 639 g/mol. The van der Waals surface area contributed by atoms with Crippen LogP contribution in [0.15, 0.2) is 103 Å². The lowest BCUT2D eigenvalue weighted by Crippen LogP contribution is -2.44. The first-order valence-electron chi connectivity index (χ1n) is 16.0. The quantitative estimate of drug-likeness (QED) is 0.104. The Hall–Kier alpha value is -3.91. The molecule has 0 aliphatic rings. The van der Waals surface area contributed by atoms with E-state index in [2.05, 4.69) is 82.5 Å². The van der Waals surface area contributed by atoms with Gasteiger partial charge in [-0.05, 0) is 78.0 Å². The van der Waals surface area contributed by atoms with Crippen molar-refractivity contribution in [3.05, 3.63) is 131 Å². The number of hydrogen-bond acceptors (Lipinski definition) is 6. The molecule has 7 heteroatoms. The van der Waals surface area contributed by atoms with Gasteiger partial charge in [-0.2, -0.15) is 0 Å². The van der Waals surface area contributed by atoms with Gasteiger partial charge in [0.2, 0.25) is 0 Å². The standard InChI is InChI=1S/C39H49NO5Si/c1-29(21-32-19-14-20-33(22-32)38(41)42-5)40-26-37(45-46(6,7)39(2,3)4)34-23-35(43-27-30-15-10-8-11-16-30)25-36(24-34)44-28-31-17-12-9-13-18-31/h8-20,22-25,29,37,40H,21,26-28H2,1-7H3. The Morgan fingerprint density at radius 2 is 1.30 bits per heavy atom. The predicted molar refractivity (Wildman–Crippen MR) is 188 cm³/mol. The number of nitrogens with one attached hydrogen (secondary N) is 1. The summed E-state index contributed by atoms with van der Waals surface area (Å²) in [5, 5.41) is 3.75. The van der Waals surface area contributed by atoms with Crippen LogP contribution >= 0.6 is 0 Å². The molecule has 4 aromatic carbocycles. The molecule has 1 N–H and O–H groups in total. The molecule has 0 aromatic heterocycles. The third-order valence-corrected chi connectivity index (χ3v) is 13.0. The van der Waals surface area contributed by atoms with Crippen molar-refractivity contribution < 1.29 is 23.4 Å². The Bertz CT molecular complexity index is 1470. The van der Waals surface area contributed by atoms with E-state index in [1.165, 1.54) is 7.11 Å². The van der Waals surface area contributed by atoms with Crippen molar-refractivity contribution >= 4 is 14.3 Å². The molecule has 0 saturated carbocycles. The third kappa shape index (κ3) is 10.3. The summed E-state index contributed by atoms with van der Waals surface area (Å²) in [4.78, 5) is 12.1. The molecule has 4 aromatic rings. The van der Waals surface area contributed by atoms with Gasteiger partial charge in [0, 0.05) is 18.7 Å². The van der Waals surface area contributed by atoms with E-state index in [0.717, 1.165) is 40.2 Å². The molecule has 244 valence electrons. The molecule has 0 bridgehead atoms. The first-order valence-corrected chi connectivity index (χ1v) is 18.9. The lowest BCUT2D eigenvalue weighted by atomic mass is 10.0. The number of carbonyl (C=O) groups excluding carboxylic acids is 1. The molecule has 0 saturated heterocycles. The maximum Gasteiger partial charge on any atom is 0.337 e. The van der Waals surface area contributed by atoms with Crippen LogP contribution in [0.4, 0.5) is 0 Å². The van der Waals surface area contributed by atoms with Gasteiger partial charge in [-0.3, -0.25) is 0 Å². The molecule has 0 aliphatic heterocycles. The highest BCUT2D eigenvalue weighted by Crippen LogP contribution is 2.40. The van der Waals surface area contributed by atoms with Crippen molar-refractivity contribution in [3.8, 4) is 11.5 Å². The summed E-state index contributed by atoms with van der Waals surface area (Å²) in [7, 11) is -0.767. The van der Waals surface area contributed by atoms with Crippen LogP contribution in [0.1, 0.15) is 66.4 Å². The molecule has 4 rings (SSSR count). The van der Waals surface area contributed by atoms with E-state index in [9.17, 15) is 4.79 Å². The Labute approximate surface area is 276 Å². The number of methoxy groups -OCH3 is 1. The van der Waals surface area contributed by atoms with E-state index in [0.29, 0.717) is 25.3 Å². The second kappa shape index (κ2) is 16.1. The van der Waals surface area contributed by atoms with E-state index < -0.39 is 8.32 Å². The zero-order valence-electron chi connectivity index (χ0n) is 28.3. The van der Waals surface area contributed by atoms with Gasteiger partial charge in [-0.15, -0.1) is 0 Å². The zero-order valence-corrected chi connectivity index (χ0v) is 29.3. The third-order valence-electron chi connectivity index (χ3n) is 8.56. The fourth-order valence-corrected chi connectivity index (χ4v) is 6.15. The zero-order chi connectivity index (χ0) is 33.2. The maximum atomic E-state index is 12.1. The molecule has 2 unspecified atom stereocenters. The van der Waals surface area contributed by atoms with Gasteiger partial charge < -0.3 is 24.0 Å². The second-order valence-electron chi connectivity index (χ2n) is 13.4. The normalized spacial score (nSPS) is 13.1. The van der Waals surface area contributed by atoms with Crippen molar-refractivity contribution in [2.24, 2.45) is 0 Å². The van der Waals surface area contributed by atoms with Gasteiger partial charge >= 0.3 is 5.97 Å². The number of esters is 1. The smallest absolute Gasteiger partial charge is 0.337 e. The fraction of sp³-hybridized carbons (Fsp3) is 0.359. The molecule has 0 radical (unpaired) electrons. The minimum Gasteiger partial charge on any atom is -0.489 e. The summed E-state index contributed by atoms with van der Waals surface area (Å²) < 4.78 is 24.7. The van der Waals surface area contributed by atoms with Crippen LogP contribution in [0.2, 0.25) is 18.1 Å². The Morgan fingerprint density at radius 3 is 1.83 bits per heavy atom. The highest BCUT2D eigenvalue weighted by atomic mass is 28.4. The summed E-state index contributed by atoms with van der Waals surface area (Å²) in [5.41, 5.74) is 4.83. The maximum absolute atomic E-state index is 12.1. The summed E-state index contributed by atoms with van der Waals surface area (Å²) in [6, 6.07) is 34.2. The molecule has 6 nitrogen and oxygen atoms in total. The molecule has 0 heterocycles. The van der Waals surface area contributed by atoms with Gasteiger partial charge in [-0.1, -0.05) is 93.6 Å². The Morgan fingerprint density at radius 1 is 0.761 bits per heavy atom. The molecular formula is C39H49NO5Si. The molecule has 2 atom stereocenters. The van der Waals surface area contributed by atoms with Crippen LogP contribution in [0.5, 0.6) is 11.5 Å². The second-order valence-corrected chi connectivity index (χ2v) is 18.1. The van der Waals surface area contributed by atoms with E-state index in [4.69, 9.17) is 18.6 Å². The minimum atomic E-state index is -2.17. The predicted octanol–water partition coefficient (Wildman–Crippen LogP) is 8.91. The number of carbonyl (C=O) groups is 1. The average Bonchev–Trinajstić information content (AvgIpc) is 3.04. The van der Waals surface area contributed by atoms with Crippen molar-refractivity contribution in [2.75, 3.05) is 13.7 Å².